The van der Waals surface area contributed by atoms with Gasteiger partial charge < -0.3 is 9.88 Å². The van der Waals surface area contributed by atoms with E-state index in [0.717, 1.165) is 11.4 Å². The van der Waals surface area contributed by atoms with E-state index in [0.29, 0.717) is 16.1 Å². The van der Waals surface area contributed by atoms with Crippen LogP contribution >= 0.6 is 23.1 Å². The number of anilines is 1. The fraction of sp³-hybridized carbons (Fsp3) is 0.333. The molecule has 0 saturated heterocycles. The molecular formula is C18H20FN7O2S2. The molecule has 2 N–H and O–H groups in total. The van der Waals surface area contributed by atoms with E-state index in [2.05, 4.69) is 31.0 Å². The van der Waals surface area contributed by atoms with Gasteiger partial charge in [-0.2, -0.15) is 0 Å². The minimum atomic E-state index is -0.594. The molecule has 1 aromatic carbocycles. The second kappa shape index (κ2) is 9.76. The van der Waals surface area contributed by atoms with Gasteiger partial charge in [0, 0.05) is 7.05 Å². The van der Waals surface area contributed by atoms with Crippen molar-refractivity contribution < 1.29 is 14.0 Å². The maximum Gasteiger partial charge on any atom is 0.254 e. The molecule has 0 aliphatic rings. The van der Waals surface area contributed by atoms with Crippen LogP contribution in [0.25, 0.3) is 0 Å². The maximum atomic E-state index is 13.8. The average molecular weight is 450 g/mol. The van der Waals surface area contributed by atoms with Crippen molar-refractivity contribution in [2.24, 2.45) is 7.05 Å². The Bertz CT molecular complexity index is 1050. The topological polar surface area (TPSA) is 115 Å². The summed E-state index contributed by atoms with van der Waals surface area (Å²) < 4.78 is 15.5. The molecule has 0 unspecified atom stereocenters. The minimum Gasteiger partial charge on any atom is -0.342 e. The standard InChI is InChI=1S/C18H20FN7O2S2/c1-4-14-22-24-17(30-14)21-13(27)9-29-18-25-23-15(26(18)3)10(2)20-16(28)11-7-5-6-8-12(11)19/h5-8,10H,4,9H2,1-3H3,(H,20,28)(H,21,24,27)/t10-/m1/s1. The van der Waals surface area contributed by atoms with Crippen LogP contribution in [0, 0.1) is 5.82 Å². The molecule has 30 heavy (non-hydrogen) atoms. The lowest BCUT2D eigenvalue weighted by Gasteiger charge is -2.14. The number of aryl methyl sites for hydroxylation is 1. The number of aromatic nitrogens is 5. The van der Waals surface area contributed by atoms with Crippen molar-refractivity contribution in [3.63, 3.8) is 0 Å². The summed E-state index contributed by atoms with van der Waals surface area (Å²) in [5.74, 6) is -0.767. The molecule has 3 aromatic rings. The van der Waals surface area contributed by atoms with E-state index in [1.807, 2.05) is 6.92 Å². The van der Waals surface area contributed by atoms with Crippen molar-refractivity contribution in [2.75, 3.05) is 11.1 Å². The molecule has 158 valence electrons. The van der Waals surface area contributed by atoms with Crippen molar-refractivity contribution in [1.82, 2.24) is 30.3 Å². The van der Waals surface area contributed by atoms with E-state index >= 15 is 0 Å². The number of hydrogen-bond acceptors (Lipinski definition) is 8. The fourth-order valence-corrected chi connectivity index (χ4v) is 3.96. The van der Waals surface area contributed by atoms with Crippen LogP contribution in [0.1, 0.15) is 41.1 Å². The predicted octanol–water partition coefficient (Wildman–Crippen LogP) is 2.59. The van der Waals surface area contributed by atoms with Gasteiger partial charge in [0.15, 0.2) is 11.0 Å². The van der Waals surface area contributed by atoms with Crippen molar-refractivity contribution in [3.8, 4) is 0 Å². The SMILES string of the molecule is CCc1nnc(NC(=O)CSc2nnc([C@@H](C)NC(=O)c3ccccc3F)n2C)s1. The number of benzene rings is 1. The number of nitrogens with one attached hydrogen (secondary N) is 2. The molecule has 0 fully saturated rings. The highest BCUT2D eigenvalue weighted by Gasteiger charge is 2.20. The van der Waals surface area contributed by atoms with Gasteiger partial charge in [0.1, 0.15) is 10.8 Å². The van der Waals surface area contributed by atoms with Crippen LogP contribution in [0.2, 0.25) is 0 Å². The Morgan fingerprint density at radius 3 is 2.70 bits per heavy atom. The van der Waals surface area contributed by atoms with E-state index in [4.69, 9.17) is 0 Å². The van der Waals surface area contributed by atoms with Crippen LogP contribution in [0.15, 0.2) is 29.4 Å². The molecule has 0 aliphatic heterocycles. The van der Waals surface area contributed by atoms with E-state index in [1.165, 1.54) is 41.3 Å². The third-order valence-electron chi connectivity index (χ3n) is 4.07. The van der Waals surface area contributed by atoms with Crippen LogP contribution in [0.5, 0.6) is 0 Å². The van der Waals surface area contributed by atoms with E-state index < -0.39 is 17.8 Å². The molecule has 12 heteroatoms. The first-order valence-corrected chi connectivity index (χ1v) is 10.9. The monoisotopic (exact) mass is 449 g/mol. The van der Waals surface area contributed by atoms with Gasteiger partial charge in [-0.3, -0.25) is 14.9 Å². The summed E-state index contributed by atoms with van der Waals surface area (Å²) in [6.45, 7) is 3.69. The summed E-state index contributed by atoms with van der Waals surface area (Å²) >= 11 is 2.54. The molecule has 9 nitrogen and oxygen atoms in total. The van der Waals surface area contributed by atoms with Crippen LogP contribution in [-0.4, -0.2) is 42.5 Å². The first-order valence-electron chi connectivity index (χ1n) is 9.08. The Labute approximate surface area is 180 Å². The zero-order valence-corrected chi connectivity index (χ0v) is 18.2. The fourth-order valence-electron chi connectivity index (χ4n) is 2.55. The lowest BCUT2D eigenvalue weighted by Crippen LogP contribution is -2.29. The second-order valence-electron chi connectivity index (χ2n) is 6.27. The number of nitrogens with zero attached hydrogens (tertiary/aromatic N) is 5. The maximum absolute atomic E-state index is 13.8. The highest BCUT2D eigenvalue weighted by molar-refractivity contribution is 7.99. The van der Waals surface area contributed by atoms with Gasteiger partial charge in [0.05, 0.1) is 17.4 Å². The van der Waals surface area contributed by atoms with E-state index in [1.54, 1.807) is 24.6 Å². The number of amides is 2. The molecule has 0 aliphatic carbocycles. The summed E-state index contributed by atoms with van der Waals surface area (Å²) in [5, 5.41) is 23.3. The highest BCUT2D eigenvalue weighted by atomic mass is 32.2. The highest BCUT2D eigenvalue weighted by Crippen LogP contribution is 2.21. The summed E-state index contributed by atoms with van der Waals surface area (Å²) in [6, 6.07) is 5.25. The predicted molar refractivity (Wildman–Crippen MR) is 112 cm³/mol. The average Bonchev–Trinajstić information content (AvgIpc) is 3.32. The molecule has 0 saturated carbocycles. The van der Waals surface area contributed by atoms with Crippen LogP contribution in [-0.2, 0) is 18.3 Å². The number of rotatable bonds is 8. The third-order valence-corrected chi connectivity index (χ3v) is 6.07. The van der Waals surface area contributed by atoms with Crippen molar-refractivity contribution in [1.29, 1.82) is 0 Å². The quantitative estimate of drug-likeness (QED) is 0.508. The Morgan fingerprint density at radius 2 is 2.00 bits per heavy atom. The zero-order valence-electron chi connectivity index (χ0n) is 16.5. The molecule has 2 heterocycles. The lowest BCUT2D eigenvalue weighted by atomic mass is 10.2. The lowest BCUT2D eigenvalue weighted by molar-refractivity contribution is -0.113. The Kier molecular flexibility index (Phi) is 7.11. The van der Waals surface area contributed by atoms with Crippen molar-refractivity contribution in [2.45, 2.75) is 31.5 Å². The van der Waals surface area contributed by atoms with Gasteiger partial charge in [-0.05, 0) is 25.5 Å². The molecule has 0 radical (unpaired) electrons. The Hall–Kier alpha value is -2.86. The van der Waals surface area contributed by atoms with Crippen molar-refractivity contribution >= 4 is 40.0 Å². The molecular weight excluding hydrogens is 429 g/mol. The number of hydrogen-bond donors (Lipinski definition) is 2. The number of carbonyl (C=O) groups excluding carboxylic acids is 2. The Balaban J connectivity index is 1.57. The van der Waals surface area contributed by atoms with Gasteiger partial charge in [0.2, 0.25) is 11.0 Å². The van der Waals surface area contributed by atoms with Gasteiger partial charge in [0.25, 0.3) is 5.91 Å². The first-order chi connectivity index (χ1) is 14.4. The zero-order chi connectivity index (χ0) is 21.7. The van der Waals surface area contributed by atoms with Gasteiger partial charge >= 0.3 is 0 Å². The van der Waals surface area contributed by atoms with Crippen LogP contribution in [0.3, 0.4) is 0 Å². The van der Waals surface area contributed by atoms with Gasteiger partial charge in [-0.1, -0.05) is 42.2 Å². The second-order valence-corrected chi connectivity index (χ2v) is 8.27. The van der Waals surface area contributed by atoms with Gasteiger partial charge in [-0.15, -0.1) is 20.4 Å². The molecule has 0 bridgehead atoms. The number of carbonyl (C=O) groups is 2. The van der Waals surface area contributed by atoms with Crippen molar-refractivity contribution in [3.05, 3.63) is 46.5 Å². The molecule has 1 atom stereocenters. The van der Waals surface area contributed by atoms with E-state index in [-0.39, 0.29) is 17.2 Å². The minimum absolute atomic E-state index is 0.0410. The first kappa shape index (κ1) is 21.8. The normalized spacial score (nSPS) is 11.9. The molecule has 2 amide bonds. The molecule has 3 rings (SSSR count). The van der Waals surface area contributed by atoms with E-state index in [9.17, 15) is 14.0 Å². The summed E-state index contributed by atoms with van der Waals surface area (Å²) in [4.78, 5) is 24.4. The molecule has 2 aromatic heterocycles. The van der Waals surface area contributed by atoms with Gasteiger partial charge in [-0.25, -0.2) is 4.39 Å². The summed E-state index contributed by atoms with van der Waals surface area (Å²) in [7, 11) is 1.74. The van der Waals surface area contributed by atoms with Crippen LogP contribution < -0.4 is 10.6 Å². The summed E-state index contributed by atoms with van der Waals surface area (Å²) in [6.07, 6.45) is 0.760. The number of halogens is 1. The largest absolute Gasteiger partial charge is 0.342 e. The number of thioether (sulfide) groups is 1. The molecule has 0 spiro atoms. The third kappa shape index (κ3) is 5.19. The van der Waals surface area contributed by atoms with Crippen LogP contribution in [0.4, 0.5) is 9.52 Å². The Morgan fingerprint density at radius 1 is 1.23 bits per heavy atom. The summed E-state index contributed by atoms with van der Waals surface area (Å²) in [5.41, 5.74) is -0.0410. The smallest absolute Gasteiger partial charge is 0.254 e.